The number of hydrogen-bond acceptors (Lipinski definition) is 4. The van der Waals surface area contributed by atoms with Crippen LogP contribution in [0.2, 0.25) is 0 Å². The number of aliphatic hydroxyl groups excluding tert-OH is 1. The molecule has 0 bridgehead atoms. The SMILES string of the molecule is COc1cc(C)c2c(O)c3c(cc2c1)C[C@H](O)CC3=O. The summed E-state index contributed by atoms with van der Waals surface area (Å²) in [5.41, 5.74) is 1.92. The molecule has 2 aromatic rings. The van der Waals surface area contributed by atoms with Gasteiger partial charge in [0.05, 0.1) is 18.8 Å². The summed E-state index contributed by atoms with van der Waals surface area (Å²) in [7, 11) is 1.59. The Bertz CT molecular complexity index is 718. The highest BCUT2D eigenvalue weighted by atomic mass is 16.5. The Morgan fingerprint density at radius 1 is 1.25 bits per heavy atom. The average Bonchev–Trinajstić information content (AvgIpc) is 2.36. The summed E-state index contributed by atoms with van der Waals surface area (Å²) >= 11 is 0. The Balaban J connectivity index is 2.36. The van der Waals surface area contributed by atoms with Gasteiger partial charge in [0, 0.05) is 11.8 Å². The Hall–Kier alpha value is -2.07. The van der Waals surface area contributed by atoms with E-state index < -0.39 is 6.10 Å². The smallest absolute Gasteiger partial charge is 0.169 e. The molecule has 20 heavy (non-hydrogen) atoms. The van der Waals surface area contributed by atoms with E-state index in [1.54, 1.807) is 7.11 Å². The molecule has 0 aliphatic heterocycles. The van der Waals surface area contributed by atoms with E-state index in [0.717, 1.165) is 10.9 Å². The van der Waals surface area contributed by atoms with Gasteiger partial charge in [0.15, 0.2) is 5.78 Å². The lowest BCUT2D eigenvalue weighted by Crippen LogP contribution is -2.24. The number of benzene rings is 2. The van der Waals surface area contributed by atoms with Crippen molar-refractivity contribution in [1.29, 1.82) is 0 Å². The first-order chi connectivity index (χ1) is 9.51. The predicted octanol–water partition coefficient (Wildman–Crippen LogP) is 2.35. The van der Waals surface area contributed by atoms with Crippen LogP contribution in [0.4, 0.5) is 0 Å². The molecule has 1 aliphatic rings. The van der Waals surface area contributed by atoms with Crippen LogP contribution in [0.25, 0.3) is 10.8 Å². The molecule has 3 rings (SSSR count). The van der Waals surface area contributed by atoms with E-state index in [1.165, 1.54) is 0 Å². The first kappa shape index (κ1) is 12.9. The fraction of sp³-hybridized carbons (Fsp3) is 0.312. The van der Waals surface area contributed by atoms with E-state index in [9.17, 15) is 15.0 Å². The van der Waals surface area contributed by atoms with Crippen molar-refractivity contribution in [2.45, 2.75) is 25.9 Å². The van der Waals surface area contributed by atoms with Crippen LogP contribution in [0, 0.1) is 6.92 Å². The Kier molecular flexibility index (Phi) is 2.91. The third kappa shape index (κ3) is 1.84. The van der Waals surface area contributed by atoms with Gasteiger partial charge in [-0.15, -0.1) is 0 Å². The fourth-order valence-corrected chi connectivity index (χ4v) is 2.99. The second kappa shape index (κ2) is 4.49. The number of methoxy groups -OCH3 is 1. The van der Waals surface area contributed by atoms with Gasteiger partial charge in [-0.1, -0.05) is 0 Å². The summed E-state index contributed by atoms with van der Waals surface area (Å²) in [4.78, 5) is 12.1. The van der Waals surface area contributed by atoms with Gasteiger partial charge in [0.1, 0.15) is 11.5 Å². The minimum Gasteiger partial charge on any atom is -0.507 e. The van der Waals surface area contributed by atoms with Crippen LogP contribution in [0.15, 0.2) is 18.2 Å². The van der Waals surface area contributed by atoms with E-state index in [0.29, 0.717) is 28.7 Å². The highest BCUT2D eigenvalue weighted by Gasteiger charge is 2.28. The lowest BCUT2D eigenvalue weighted by Gasteiger charge is -2.22. The fourth-order valence-electron chi connectivity index (χ4n) is 2.99. The summed E-state index contributed by atoms with van der Waals surface area (Å²) < 4.78 is 5.23. The van der Waals surface area contributed by atoms with Crippen LogP contribution < -0.4 is 4.74 Å². The summed E-state index contributed by atoms with van der Waals surface area (Å²) in [5.74, 6) is 0.528. The summed E-state index contributed by atoms with van der Waals surface area (Å²) in [6.45, 7) is 1.87. The van der Waals surface area contributed by atoms with Gasteiger partial charge in [-0.05, 0) is 48.1 Å². The second-order valence-electron chi connectivity index (χ2n) is 5.29. The molecule has 0 unspecified atom stereocenters. The zero-order chi connectivity index (χ0) is 14.4. The van der Waals surface area contributed by atoms with Crippen LogP contribution >= 0.6 is 0 Å². The number of ketones is 1. The molecular weight excluding hydrogens is 256 g/mol. The Morgan fingerprint density at radius 3 is 2.70 bits per heavy atom. The van der Waals surface area contributed by atoms with Gasteiger partial charge in [-0.2, -0.15) is 0 Å². The van der Waals surface area contributed by atoms with Crippen molar-refractivity contribution < 1.29 is 19.7 Å². The van der Waals surface area contributed by atoms with Crippen LogP contribution in [0.3, 0.4) is 0 Å². The third-order valence-corrected chi connectivity index (χ3v) is 3.86. The maximum absolute atomic E-state index is 12.1. The predicted molar refractivity (Wildman–Crippen MR) is 75.6 cm³/mol. The molecule has 0 radical (unpaired) electrons. The van der Waals surface area contributed by atoms with Gasteiger partial charge in [0.25, 0.3) is 0 Å². The lowest BCUT2D eigenvalue weighted by molar-refractivity contribution is 0.0850. The molecule has 0 aromatic heterocycles. The highest BCUT2D eigenvalue weighted by molar-refractivity contribution is 6.08. The molecule has 0 saturated heterocycles. The van der Waals surface area contributed by atoms with Gasteiger partial charge in [0.2, 0.25) is 0 Å². The minimum absolute atomic E-state index is 0.0227. The van der Waals surface area contributed by atoms with E-state index in [4.69, 9.17) is 4.74 Å². The first-order valence-corrected chi connectivity index (χ1v) is 6.55. The van der Waals surface area contributed by atoms with Gasteiger partial charge in [-0.3, -0.25) is 4.79 Å². The third-order valence-electron chi connectivity index (χ3n) is 3.86. The number of ether oxygens (including phenoxy) is 1. The van der Waals surface area contributed by atoms with Crippen molar-refractivity contribution in [3.63, 3.8) is 0 Å². The number of rotatable bonds is 1. The van der Waals surface area contributed by atoms with E-state index >= 15 is 0 Å². The molecule has 2 aromatic carbocycles. The molecule has 4 nitrogen and oxygen atoms in total. The molecular formula is C16H16O4. The maximum atomic E-state index is 12.1. The number of Topliss-reactive ketones (excluding diaryl/α,β-unsaturated/α-hetero) is 1. The number of aliphatic hydroxyl groups is 1. The lowest BCUT2D eigenvalue weighted by atomic mass is 9.85. The molecule has 0 fully saturated rings. The van der Waals surface area contributed by atoms with Crippen molar-refractivity contribution in [2.24, 2.45) is 0 Å². The number of aromatic hydroxyl groups is 1. The molecule has 104 valence electrons. The highest BCUT2D eigenvalue weighted by Crippen LogP contribution is 2.39. The number of carbonyl (C=O) groups is 1. The number of aryl methyl sites for hydroxylation is 1. The number of phenolic OH excluding ortho intramolecular Hbond substituents is 1. The molecule has 0 amide bonds. The van der Waals surface area contributed by atoms with Gasteiger partial charge < -0.3 is 14.9 Å². The van der Waals surface area contributed by atoms with Gasteiger partial charge in [-0.25, -0.2) is 0 Å². The average molecular weight is 272 g/mol. The van der Waals surface area contributed by atoms with Crippen LogP contribution in [-0.2, 0) is 6.42 Å². The van der Waals surface area contributed by atoms with E-state index in [2.05, 4.69) is 0 Å². The largest absolute Gasteiger partial charge is 0.507 e. The standard InChI is InChI=1S/C16H16O4/c1-8-3-12(20-2)6-10-4-9-5-11(17)7-13(18)15(9)16(19)14(8)10/h3-4,6,11,17,19H,5,7H2,1-2H3/t11-/m0/s1. The first-order valence-electron chi connectivity index (χ1n) is 6.55. The summed E-state index contributed by atoms with van der Waals surface area (Å²) in [6.07, 6.45) is -0.208. The molecule has 1 aliphatic carbocycles. The Morgan fingerprint density at radius 2 is 2.00 bits per heavy atom. The molecule has 1 atom stereocenters. The van der Waals surface area contributed by atoms with Crippen molar-refractivity contribution in [2.75, 3.05) is 7.11 Å². The van der Waals surface area contributed by atoms with Crippen molar-refractivity contribution in [3.8, 4) is 11.5 Å². The zero-order valence-corrected chi connectivity index (χ0v) is 11.4. The zero-order valence-electron chi connectivity index (χ0n) is 11.4. The number of carbonyl (C=O) groups excluding carboxylic acids is 1. The minimum atomic E-state index is -0.668. The molecule has 0 heterocycles. The summed E-state index contributed by atoms with van der Waals surface area (Å²) in [5, 5.41) is 21.7. The molecule has 2 N–H and O–H groups in total. The number of phenols is 1. The maximum Gasteiger partial charge on any atom is 0.169 e. The summed E-state index contributed by atoms with van der Waals surface area (Å²) in [6, 6.07) is 5.52. The van der Waals surface area contributed by atoms with Crippen molar-refractivity contribution in [3.05, 3.63) is 34.9 Å². The topological polar surface area (TPSA) is 66.8 Å². The van der Waals surface area contributed by atoms with Crippen LogP contribution in [-0.4, -0.2) is 29.2 Å². The van der Waals surface area contributed by atoms with Crippen LogP contribution in [0.5, 0.6) is 11.5 Å². The Labute approximate surface area is 116 Å². The van der Waals surface area contributed by atoms with Crippen molar-refractivity contribution >= 4 is 16.6 Å². The van der Waals surface area contributed by atoms with Crippen molar-refractivity contribution in [1.82, 2.24) is 0 Å². The quantitative estimate of drug-likeness (QED) is 0.836. The van der Waals surface area contributed by atoms with E-state index in [-0.39, 0.29) is 18.0 Å². The molecule has 0 spiro atoms. The monoisotopic (exact) mass is 272 g/mol. The number of hydrogen-bond donors (Lipinski definition) is 2. The molecule has 4 heteroatoms. The van der Waals surface area contributed by atoms with Crippen LogP contribution in [0.1, 0.15) is 27.9 Å². The number of fused-ring (bicyclic) bond motifs is 2. The molecule has 0 saturated carbocycles. The van der Waals surface area contributed by atoms with E-state index in [1.807, 2.05) is 25.1 Å². The van der Waals surface area contributed by atoms with Gasteiger partial charge >= 0.3 is 0 Å². The second-order valence-corrected chi connectivity index (χ2v) is 5.29. The normalized spacial score (nSPS) is 18.1.